The van der Waals surface area contributed by atoms with Crippen molar-refractivity contribution in [3.05, 3.63) is 0 Å². The predicted molar refractivity (Wildman–Crippen MR) is 153 cm³/mol. The fraction of sp³-hybridized carbons (Fsp3) is 1.00. The summed E-state index contributed by atoms with van der Waals surface area (Å²) in [5.74, 6) is 6.20. The van der Waals surface area contributed by atoms with Gasteiger partial charge in [-0.1, -0.05) is 67.7 Å². The first-order valence-electron chi connectivity index (χ1n) is 15.0. The summed E-state index contributed by atoms with van der Waals surface area (Å²) in [5, 5.41) is 10.9. The highest BCUT2D eigenvalue weighted by molar-refractivity contribution is 7.79. The van der Waals surface area contributed by atoms with Crippen LogP contribution in [0.25, 0.3) is 0 Å². The quantitative estimate of drug-likeness (QED) is 0.324. The second-order valence-corrected chi connectivity index (χ2v) is 13.3. The van der Waals surface area contributed by atoms with Gasteiger partial charge in [0.2, 0.25) is 0 Å². The monoisotopic (exact) mass is 495 g/mol. The fourth-order valence-electron chi connectivity index (χ4n) is 9.53. The van der Waals surface area contributed by atoms with Gasteiger partial charge < -0.3 is 10.8 Å². The maximum Gasteiger partial charge on any atom is 0.0772 e. The van der Waals surface area contributed by atoms with Crippen LogP contribution >= 0.6 is 12.6 Å². The van der Waals surface area contributed by atoms with Gasteiger partial charge in [-0.2, -0.15) is 12.6 Å². The minimum absolute atomic E-state index is 0.449. The van der Waals surface area contributed by atoms with Gasteiger partial charge in [0, 0.05) is 6.54 Å². The standard InChI is InChI=1S/C28H51NO.C2H6.CH4S/c1-19(2)7-6-8-20(3)23-11-12-24-22-10-9-21-17-28(30,18-29)16-15-26(21,4)25(22)13-14-27(23,24)5;2*1-2/h19-25,30H,6-18,29H2,1-5H3;1-2H3;2H,1H3/t20-,21?,22?,23?,24?,25?,26?,27?,28+;;/m1../s1. The van der Waals surface area contributed by atoms with E-state index in [1.54, 1.807) is 6.26 Å². The predicted octanol–water partition coefficient (Wildman–Crippen LogP) is 8.37. The van der Waals surface area contributed by atoms with Crippen LogP contribution in [0.2, 0.25) is 0 Å². The molecule has 0 spiro atoms. The van der Waals surface area contributed by atoms with Gasteiger partial charge in [-0.25, -0.2) is 0 Å². The molecule has 0 bridgehead atoms. The van der Waals surface area contributed by atoms with E-state index in [0.29, 0.717) is 23.3 Å². The molecule has 4 rings (SSSR count). The van der Waals surface area contributed by atoms with Crippen molar-refractivity contribution in [1.29, 1.82) is 0 Å². The summed E-state index contributed by atoms with van der Waals surface area (Å²) < 4.78 is 0. The van der Waals surface area contributed by atoms with Gasteiger partial charge in [0.05, 0.1) is 5.60 Å². The molecule has 4 saturated carbocycles. The molecule has 7 unspecified atom stereocenters. The number of fused-ring (bicyclic) bond motifs is 5. The molecule has 9 atom stereocenters. The molecule has 3 heteroatoms. The molecule has 0 aliphatic heterocycles. The molecule has 0 aromatic heterocycles. The Bertz CT molecular complexity index is 610. The minimum Gasteiger partial charge on any atom is -0.389 e. The molecule has 0 saturated heterocycles. The second-order valence-electron chi connectivity index (χ2n) is 13.3. The molecule has 0 radical (unpaired) electrons. The lowest BCUT2D eigenvalue weighted by atomic mass is 9.43. The van der Waals surface area contributed by atoms with Gasteiger partial charge >= 0.3 is 0 Å². The zero-order valence-corrected chi connectivity index (χ0v) is 25.1. The van der Waals surface area contributed by atoms with E-state index in [4.69, 9.17) is 5.73 Å². The average molecular weight is 496 g/mol. The molecule has 0 aromatic carbocycles. The number of hydrogen-bond donors (Lipinski definition) is 3. The van der Waals surface area contributed by atoms with Crippen LogP contribution in [0.5, 0.6) is 0 Å². The molecule has 0 aromatic rings. The highest BCUT2D eigenvalue weighted by Gasteiger charge is 2.61. The minimum atomic E-state index is -0.579. The van der Waals surface area contributed by atoms with E-state index in [1.165, 1.54) is 64.2 Å². The third-order valence-corrected chi connectivity index (χ3v) is 11.4. The fourth-order valence-corrected chi connectivity index (χ4v) is 9.53. The van der Waals surface area contributed by atoms with Crippen molar-refractivity contribution in [2.24, 2.45) is 58.0 Å². The Morgan fingerprint density at radius 1 is 0.853 bits per heavy atom. The zero-order chi connectivity index (χ0) is 25.7. The summed E-state index contributed by atoms with van der Waals surface area (Å²) in [4.78, 5) is 0. The van der Waals surface area contributed by atoms with Crippen molar-refractivity contribution in [2.75, 3.05) is 12.8 Å². The van der Waals surface area contributed by atoms with E-state index in [2.05, 4.69) is 47.2 Å². The summed E-state index contributed by atoms with van der Waals surface area (Å²) >= 11 is 3.53. The topological polar surface area (TPSA) is 46.2 Å². The van der Waals surface area contributed by atoms with Gasteiger partial charge in [0.1, 0.15) is 0 Å². The van der Waals surface area contributed by atoms with Crippen LogP contribution in [0.4, 0.5) is 0 Å². The van der Waals surface area contributed by atoms with Crippen molar-refractivity contribution in [3.63, 3.8) is 0 Å². The Kier molecular flexibility index (Phi) is 11.4. The first-order chi connectivity index (χ1) is 16.1. The largest absolute Gasteiger partial charge is 0.389 e. The summed E-state index contributed by atoms with van der Waals surface area (Å²) in [6.07, 6.45) is 17.7. The Balaban J connectivity index is 0.000000970. The Morgan fingerprint density at radius 2 is 1.50 bits per heavy atom. The van der Waals surface area contributed by atoms with Crippen molar-refractivity contribution in [1.82, 2.24) is 0 Å². The summed E-state index contributed by atoms with van der Waals surface area (Å²) in [7, 11) is 0. The third kappa shape index (κ3) is 5.88. The first kappa shape index (κ1) is 30.5. The smallest absolute Gasteiger partial charge is 0.0772 e. The molecular formula is C31H61NOS. The maximum atomic E-state index is 10.9. The van der Waals surface area contributed by atoms with Gasteiger partial charge in [0.15, 0.2) is 0 Å². The van der Waals surface area contributed by atoms with Crippen LogP contribution in [0, 0.1) is 52.3 Å². The van der Waals surface area contributed by atoms with E-state index >= 15 is 0 Å². The number of hydrogen-bond acceptors (Lipinski definition) is 3. The lowest BCUT2D eigenvalue weighted by molar-refractivity contribution is -0.149. The summed E-state index contributed by atoms with van der Waals surface area (Å²) in [5.41, 5.74) is 6.43. The number of nitrogens with two attached hydrogens (primary N) is 1. The number of thiol groups is 1. The van der Waals surface area contributed by atoms with Crippen LogP contribution in [-0.4, -0.2) is 23.5 Å². The molecule has 3 N–H and O–H groups in total. The molecule has 0 heterocycles. The van der Waals surface area contributed by atoms with Gasteiger partial charge in [0.25, 0.3) is 0 Å². The van der Waals surface area contributed by atoms with E-state index < -0.39 is 5.60 Å². The lowest BCUT2D eigenvalue weighted by Gasteiger charge is -2.62. The first-order valence-corrected chi connectivity index (χ1v) is 15.9. The summed E-state index contributed by atoms with van der Waals surface area (Å²) in [6, 6.07) is 0. The van der Waals surface area contributed by atoms with E-state index in [1.807, 2.05) is 13.8 Å². The second kappa shape index (κ2) is 12.7. The molecule has 34 heavy (non-hydrogen) atoms. The average Bonchev–Trinajstić information content (AvgIpc) is 3.19. The Morgan fingerprint density at radius 3 is 2.12 bits per heavy atom. The lowest BCUT2D eigenvalue weighted by Crippen LogP contribution is -2.57. The molecule has 4 aliphatic rings. The van der Waals surface area contributed by atoms with Crippen LogP contribution in [0.3, 0.4) is 0 Å². The highest BCUT2D eigenvalue weighted by atomic mass is 32.1. The number of rotatable bonds is 6. The third-order valence-electron chi connectivity index (χ3n) is 11.4. The molecule has 4 aliphatic carbocycles. The van der Waals surface area contributed by atoms with Crippen molar-refractivity contribution in [2.45, 2.75) is 131 Å². The van der Waals surface area contributed by atoms with E-state index in [-0.39, 0.29) is 0 Å². The van der Waals surface area contributed by atoms with Crippen molar-refractivity contribution < 1.29 is 5.11 Å². The zero-order valence-electron chi connectivity index (χ0n) is 24.2. The maximum absolute atomic E-state index is 10.9. The van der Waals surface area contributed by atoms with Gasteiger partial charge in [-0.3, -0.25) is 0 Å². The van der Waals surface area contributed by atoms with Gasteiger partial charge in [-0.15, -0.1) is 0 Å². The van der Waals surface area contributed by atoms with E-state index in [9.17, 15) is 5.11 Å². The Labute approximate surface area is 219 Å². The number of aliphatic hydroxyl groups is 1. The Hall–Kier alpha value is 0.270. The van der Waals surface area contributed by atoms with Crippen LogP contribution in [0.1, 0.15) is 126 Å². The molecule has 202 valence electrons. The van der Waals surface area contributed by atoms with Crippen LogP contribution in [0.15, 0.2) is 0 Å². The van der Waals surface area contributed by atoms with Crippen molar-refractivity contribution in [3.8, 4) is 0 Å². The van der Waals surface area contributed by atoms with Gasteiger partial charge in [-0.05, 0) is 116 Å². The molecular weight excluding hydrogens is 434 g/mol. The van der Waals surface area contributed by atoms with Crippen LogP contribution in [-0.2, 0) is 0 Å². The van der Waals surface area contributed by atoms with Crippen LogP contribution < -0.4 is 5.73 Å². The highest BCUT2D eigenvalue weighted by Crippen LogP contribution is 2.68. The van der Waals surface area contributed by atoms with Crippen molar-refractivity contribution >= 4 is 12.6 Å². The van der Waals surface area contributed by atoms with E-state index in [0.717, 1.165) is 48.3 Å². The normalized spacial score (nSPS) is 43.9. The SMILES string of the molecule is CC.CC(C)CCC[C@@H](C)C1CCC2C3CCC4C[C@](O)(CN)CCC4(C)C3CCC21C.CS. The molecule has 4 fully saturated rings. The molecule has 2 nitrogen and oxygen atoms in total. The summed E-state index contributed by atoms with van der Waals surface area (Å²) in [6.45, 7) is 17.1. The molecule has 0 amide bonds.